The lowest BCUT2D eigenvalue weighted by molar-refractivity contribution is 0.783. The lowest BCUT2D eigenvalue weighted by Gasteiger charge is -2.25. The first-order chi connectivity index (χ1) is 29.6. The van der Waals surface area contributed by atoms with Gasteiger partial charge >= 0.3 is 0 Å². The molecule has 7 aromatic carbocycles. The fourth-order valence-corrected chi connectivity index (χ4v) is 9.12. The summed E-state index contributed by atoms with van der Waals surface area (Å²) in [5.74, 6) is 0.430. The van der Waals surface area contributed by atoms with Crippen LogP contribution in [0.3, 0.4) is 0 Å². The van der Waals surface area contributed by atoms with Crippen molar-refractivity contribution in [2.24, 2.45) is 5.92 Å². The van der Waals surface area contributed by atoms with E-state index in [9.17, 15) is 0 Å². The molecule has 0 saturated carbocycles. The van der Waals surface area contributed by atoms with Crippen LogP contribution in [0.2, 0.25) is 0 Å². The maximum Gasteiger partial charge on any atom is 0.0633 e. The number of hydrogen-bond acceptors (Lipinski definition) is 3. The van der Waals surface area contributed by atoms with Gasteiger partial charge in [-0.15, -0.1) is 0 Å². The van der Waals surface area contributed by atoms with E-state index in [0.717, 1.165) is 40.1 Å². The molecule has 4 aliphatic rings. The van der Waals surface area contributed by atoms with Gasteiger partial charge in [-0.2, -0.15) is 11.8 Å². The van der Waals surface area contributed by atoms with Gasteiger partial charge in [0.2, 0.25) is 0 Å². The fraction of sp³-hybridized carbons (Fsp3) is 0.0702. The van der Waals surface area contributed by atoms with Crippen LogP contribution >= 0.6 is 11.8 Å². The molecule has 7 aromatic rings. The van der Waals surface area contributed by atoms with Crippen molar-refractivity contribution in [3.63, 3.8) is 0 Å². The van der Waals surface area contributed by atoms with E-state index in [1.54, 1.807) is 11.8 Å². The van der Waals surface area contributed by atoms with Crippen molar-refractivity contribution in [2.75, 3.05) is 12.5 Å². The largest absolute Gasteiger partial charge is 0.354 e. The van der Waals surface area contributed by atoms with E-state index in [0.29, 0.717) is 11.6 Å². The first-order valence-corrected chi connectivity index (χ1v) is 22.2. The highest BCUT2D eigenvalue weighted by atomic mass is 32.2. The topological polar surface area (TPSA) is 35.9 Å². The maximum absolute atomic E-state index is 8.67. The van der Waals surface area contributed by atoms with Gasteiger partial charge in [-0.1, -0.05) is 176 Å². The number of nitrogens with one attached hydrogen (secondary N) is 2. The lowest BCUT2D eigenvalue weighted by atomic mass is 9.80. The van der Waals surface area contributed by atoms with Crippen LogP contribution in [0.4, 0.5) is 0 Å². The molecule has 0 radical (unpaired) electrons. The van der Waals surface area contributed by atoms with Gasteiger partial charge in [0.1, 0.15) is 0 Å². The number of benzene rings is 7. The number of fused-ring (bicyclic) bond motifs is 5. The Bertz CT molecular complexity index is 3140. The van der Waals surface area contributed by atoms with Gasteiger partial charge < -0.3 is 10.7 Å². The smallest absolute Gasteiger partial charge is 0.0633 e. The molecule has 0 saturated heterocycles. The summed E-state index contributed by atoms with van der Waals surface area (Å²) in [5, 5.41) is 19.9. The highest BCUT2D eigenvalue weighted by molar-refractivity contribution is 7.97. The SMILES string of the molecule is CSC.N=C1C=CC=C/C1=C1/NC(c2ccc(-c3ccc4c(-c5ccc6ccccc6c5)c5ccccc5c(C5=CCC6C=CC=CC6=C5)c4c3)cc2)=Cc2ccccc21. The maximum atomic E-state index is 8.67. The van der Waals surface area contributed by atoms with Gasteiger partial charge in [-0.05, 0) is 126 Å². The molecule has 11 rings (SSSR count). The van der Waals surface area contributed by atoms with Crippen LogP contribution in [0, 0.1) is 11.3 Å². The second-order valence-corrected chi connectivity index (χ2v) is 16.5. The summed E-state index contributed by atoms with van der Waals surface area (Å²) in [5.41, 5.74) is 15.5. The van der Waals surface area contributed by atoms with Crippen molar-refractivity contribution in [3.8, 4) is 22.3 Å². The third-order valence-corrected chi connectivity index (χ3v) is 12.0. The Morgan fingerprint density at radius 3 is 2.07 bits per heavy atom. The zero-order chi connectivity index (χ0) is 40.6. The van der Waals surface area contributed by atoms with Crippen molar-refractivity contribution >= 4 is 72.8 Å². The molecule has 0 aromatic heterocycles. The van der Waals surface area contributed by atoms with Gasteiger partial charge in [0.25, 0.3) is 0 Å². The molecule has 1 aliphatic heterocycles. The summed E-state index contributed by atoms with van der Waals surface area (Å²) >= 11 is 1.75. The minimum absolute atomic E-state index is 0.430. The summed E-state index contributed by atoms with van der Waals surface area (Å²) in [6, 6.07) is 48.9. The van der Waals surface area contributed by atoms with Crippen LogP contribution in [0.5, 0.6) is 0 Å². The molecule has 0 spiro atoms. The van der Waals surface area contributed by atoms with Gasteiger partial charge in [0.15, 0.2) is 0 Å². The minimum atomic E-state index is 0.430. The summed E-state index contributed by atoms with van der Waals surface area (Å²) in [7, 11) is 0. The van der Waals surface area contributed by atoms with Crippen LogP contribution < -0.4 is 5.32 Å². The highest BCUT2D eigenvalue weighted by Gasteiger charge is 2.23. The van der Waals surface area contributed by atoms with E-state index in [4.69, 9.17) is 5.41 Å². The van der Waals surface area contributed by atoms with Crippen LogP contribution in [0.15, 0.2) is 205 Å². The zero-order valence-corrected chi connectivity index (χ0v) is 34.6. The Hall–Kier alpha value is -6.94. The molecular weight excluding hydrogens is 745 g/mol. The lowest BCUT2D eigenvalue weighted by Crippen LogP contribution is -2.19. The Morgan fingerprint density at radius 1 is 0.567 bits per heavy atom. The Kier molecular flexibility index (Phi) is 9.97. The summed E-state index contributed by atoms with van der Waals surface area (Å²) in [4.78, 5) is 0. The molecule has 0 amide bonds. The van der Waals surface area contributed by atoms with Gasteiger partial charge in [-0.25, -0.2) is 0 Å². The number of thioether (sulfide) groups is 1. The zero-order valence-electron chi connectivity index (χ0n) is 33.7. The van der Waals surface area contributed by atoms with E-state index in [2.05, 4.69) is 181 Å². The molecule has 0 bridgehead atoms. The van der Waals surface area contributed by atoms with Gasteiger partial charge in [0.05, 0.1) is 11.4 Å². The van der Waals surface area contributed by atoms with Crippen molar-refractivity contribution in [3.05, 3.63) is 228 Å². The Labute approximate surface area is 356 Å². The number of rotatable bonds is 4. The predicted octanol–water partition coefficient (Wildman–Crippen LogP) is 14.9. The number of allylic oxidation sites excluding steroid dienone is 13. The quantitative estimate of drug-likeness (QED) is 0.174. The van der Waals surface area contributed by atoms with E-state index in [-0.39, 0.29) is 0 Å². The Morgan fingerprint density at radius 2 is 1.23 bits per heavy atom. The normalized spacial score (nSPS) is 17.7. The van der Waals surface area contributed by atoms with Crippen LogP contribution in [-0.4, -0.2) is 18.2 Å². The van der Waals surface area contributed by atoms with Crippen molar-refractivity contribution in [2.45, 2.75) is 6.42 Å². The second kappa shape index (κ2) is 16.0. The minimum Gasteiger partial charge on any atom is -0.354 e. The van der Waals surface area contributed by atoms with Crippen molar-refractivity contribution in [1.82, 2.24) is 5.32 Å². The molecule has 60 heavy (non-hydrogen) atoms. The predicted molar refractivity (Wildman–Crippen MR) is 262 cm³/mol. The molecule has 1 atom stereocenters. The molecule has 1 heterocycles. The van der Waals surface area contributed by atoms with E-state index in [1.807, 2.05) is 36.8 Å². The summed E-state index contributed by atoms with van der Waals surface area (Å²) in [6.07, 6.45) is 28.9. The molecule has 2 nitrogen and oxygen atoms in total. The molecule has 3 aliphatic carbocycles. The monoisotopic (exact) mass is 788 g/mol. The Balaban J connectivity index is 0.00000140. The average Bonchev–Trinajstić information content (AvgIpc) is 3.30. The summed E-state index contributed by atoms with van der Waals surface area (Å²) in [6.45, 7) is 0. The van der Waals surface area contributed by atoms with Crippen LogP contribution in [0.1, 0.15) is 28.7 Å². The average molecular weight is 789 g/mol. The van der Waals surface area contributed by atoms with E-state index < -0.39 is 0 Å². The first-order valence-electron chi connectivity index (χ1n) is 20.6. The molecule has 1 unspecified atom stereocenters. The molecule has 2 N–H and O–H groups in total. The number of hydrogen-bond donors (Lipinski definition) is 2. The van der Waals surface area contributed by atoms with Gasteiger partial charge in [0, 0.05) is 22.8 Å². The second-order valence-electron chi connectivity index (χ2n) is 15.7. The third-order valence-electron chi connectivity index (χ3n) is 12.0. The third kappa shape index (κ3) is 6.81. The van der Waals surface area contributed by atoms with Crippen LogP contribution in [0.25, 0.3) is 77.6 Å². The first kappa shape index (κ1) is 37.3. The molecular formula is C57H44N2S. The summed E-state index contributed by atoms with van der Waals surface area (Å²) < 4.78 is 0. The van der Waals surface area contributed by atoms with Crippen molar-refractivity contribution in [1.29, 1.82) is 5.41 Å². The van der Waals surface area contributed by atoms with Gasteiger partial charge in [-0.3, -0.25) is 0 Å². The van der Waals surface area contributed by atoms with E-state index >= 15 is 0 Å². The molecule has 3 heteroatoms. The molecule has 288 valence electrons. The highest BCUT2D eigenvalue weighted by Crippen LogP contribution is 2.46. The van der Waals surface area contributed by atoms with E-state index in [1.165, 1.54) is 71.3 Å². The fourth-order valence-electron chi connectivity index (χ4n) is 9.12. The standard InChI is InChI=1S/C55H38N2.C2H6S/c56-51-20-10-9-19-49(51)55-45-16-6-5-15-42(45)34-52(57-55)38-25-21-37(22-26-38)41-29-30-48-50(33-41)54(44-28-24-36-12-2-4-14-40(36)32-44)47-18-8-7-17-46(47)53(48)43-27-23-35-11-1-3-13-39(35)31-43;1-3-2/h1-23,25-34,36,56-57H,24H2;1-2H3/b55-49-,56-51?;. The van der Waals surface area contributed by atoms with Crippen molar-refractivity contribution < 1.29 is 0 Å². The van der Waals surface area contributed by atoms with Crippen LogP contribution in [-0.2, 0) is 0 Å². The molecule has 0 fully saturated rings.